The van der Waals surface area contributed by atoms with Gasteiger partial charge in [-0.1, -0.05) is 49.3 Å². The van der Waals surface area contributed by atoms with E-state index in [9.17, 15) is 0 Å². The van der Waals surface area contributed by atoms with Crippen LogP contribution in [0.15, 0.2) is 34.9 Å². The molecule has 3 heterocycles. The summed E-state index contributed by atoms with van der Waals surface area (Å²) < 4.78 is 11.7. The first-order chi connectivity index (χ1) is 14.2. The molecule has 29 heavy (non-hydrogen) atoms. The lowest BCUT2D eigenvalue weighted by atomic mass is 9.96. The van der Waals surface area contributed by atoms with E-state index < -0.39 is 0 Å². The molecule has 0 saturated carbocycles. The van der Waals surface area contributed by atoms with Gasteiger partial charge in [0, 0.05) is 44.6 Å². The van der Waals surface area contributed by atoms with E-state index in [1.54, 1.807) is 0 Å². The number of benzene rings is 1. The number of aromatic nitrogens is 2. The van der Waals surface area contributed by atoms with E-state index >= 15 is 0 Å². The SMILES string of the molecule is CC(C)c1noc(C2CCN(CC3CN(Cc4ccccc4)CCCO3)CC2)n1. The maximum atomic E-state index is 6.19. The molecule has 0 N–H and O–H groups in total. The van der Waals surface area contributed by atoms with Gasteiger partial charge >= 0.3 is 0 Å². The van der Waals surface area contributed by atoms with Crippen molar-refractivity contribution in [3.63, 3.8) is 0 Å². The molecule has 2 aromatic rings. The van der Waals surface area contributed by atoms with E-state index in [-0.39, 0.29) is 6.10 Å². The van der Waals surface area contributed by atoms with E-state index in [0.29, 0.717) is 11.8 Å². The van der Waals surface area contributed by atoms with Gasteiger partial charge in [0.05, 0.1) is 6.10 Å². The van der Waals surface area contributed by atoms with Crippen molar-refractivity contribution in [1.82, 2.24) is 19.9 Å². The molecule has 2 aliphatic heterocycles. The monoisotopic (exact) mass is 398 g/mol. The minimum Gasteiger partial charge on any atom is -0.376 e. The highest BCUT2D eigenvalue weighted by atomic mass is 16.5. The van der Waals surface area contributed by atoms with Crippen LogP contribution in [0, 0.1) is 0 Å². The standard InChI is InChI=1S/C23H34N4O2/c1-18(2)22-24-23(29-25-22)20-9-12-26(13-10-20)16-21-17-27(11-6-14-28-21)15-19-7-4-3-5-8-19/h3-5,7-8,18,20-21H,6,9-17H2,1-2H3. The molecule has 0 radical (unpaired) electrons. The lowest BCUT2D eigenvalue weighted by Gasteiger charge is -2.33. The van der Waals surface area contributed by atoms with E-state index in [2.05, 4.69) is 64.1 Å². The lowest BCUT2D eigenvalue weighted by Crippen LogP contribution is -2.43. The smallest absolute Gasteiger partial charge is 0.229 e. The van der Waals surface area contributed by atoms with Crippen molar-refractivity contribution in [2.24, 2.45) is 0 Å². The number of nitrogens with zero attached hydrogens (tertiary/aromatic N) is 4. The maximum Gasteiger partial charge on any atom is 0.229 e. The number of ether oxygens (including phenoxy) is 1. The molecule has 2 aliphatic rings. The Morgan fingerprint density at radius 1 is 1.07 bits per heavy atom. The summed E-state index contributed by atoms with van der Waals surface area (Å²) in [6, 6.07) is 10.8. The van der Waals surface area contributed by atoms with Crippen LogP contribution < -0.4 is 0 Å². The minimum atomic E-state index is 0.286. The van der Waals surface area contributed by atoms with Crippen LogP contribution in [-0.2, 0) is 11.3 Å². The average molecular weight is 399 g/mol. The normalized spacial score (nSPS) is 22.8. The molecule has 1 unspecified atom stereocenters. The summed E-state index contributed by atoms with van der Waals surface area (Å²) >= 11 is 0. The van der Waals surface area contributed by atoms with Gasteiger partial charge in [-0.2, -0.15) is 4.98 Å². The molecule has 0 bridgehead atoms. The largest absolute Gasteiger partial charge is 0.376 e. The Labute approximate surface area is 174 Å². The first-order valence-corrected chi connectivity index (χ1v) is 11.1. The van der Waals surface area contributed by atoms with E-state index in [1.165, 1.54) is 5.56 Å². The van der Waals surface area contributed by atoms with E-state index in [0.717, 1.165) is 76.9 Å². The third-order valence-corrected chi connectivity index (χ3v) is 6.06. The third kappa shape index (κ3) is 5.65. The van der Waals surface area contributed by atoms with Gasteiger partial charge in [-0.3, -0.25) is 4.90 Å². The molecule has 0 amide bonds. The van der Waals surface area contributed by atoms with Gasteiger partial charge in [0.1, 0.15) is 0 Å². The number of likely N-dealkylation sites (tertiary alicyclic amines) is 1. The van der Waals surface area contributed by atoms with Gasteiger partial charge in [-0.05, 0) is 37.9 Å². The Kier molecular flexibility index (Phi) is 6.95. The van der Waals surface area contributed by atoms with E-state index in [4.69, 9.17) is 9.26 Å². The van der Waals surface area contributed by atoms with Crippen LogP contribution in [0.3, 0.4) is 0 Å². The van der Waals surface area contributed by atoms with Gasteiger partial charge < -0.3 is 14.2 Å². The molecule has 1 aromatic heterocycles. The minimum absolute atomic E-state index is 0.286. The lowest BCUT2D eigenvalue weighted by molar-refractivity contribution is 0.0195. The predicted octanol–water partition coefficient (Wildman–Crippen LogP) is 3.66. The molecule has 1 atom stereocenters. The average Bonchev–Trinajstić information content (AvgIpc) is 3.13. The summed E-state index contributed by atoms with van der Waals surface area (Å²) in [5.74, 6) is 2.37. The Morgan fingerprint density at radius 2 is 1.86 bits per heavy atom. The summed E-state index contributed by atoms with van der Waals surface area (Å²) in [4.78, 5) is 9.70. The molecule has 1 aromatic carbocycles. The second-order valence-corrected chi connectivity index (χ2v) is 8.79. The number of piperidine rings is 1. The molecule has 4 rings (SSSR count). The summed E-state index contributed by atoms with van der Waals surface area (Å²) in [6.07, 6.45) is 3.56. The van der Waals surface area contributed by atoms with Gasteiger partial charge in [-0.25, -0.2) is 0 Å². The van der Waals surface area contributed by atoms with Crippen LogP contribution in [0.2, 0.25) is 0 Å². The second-order valence-electron chi connectivity index (χ2n) is 8.79. The Hall–Kier alpha value is -1.76. The van der Waals surface area contributed by atoms with Crippen molar-refractivity contribution in [2.45, 2.75) is 57.6 Å². The first-order valence-electron chi connectivity index (χ1n) is 11.1. The summed E-state index contributed by atoms with van der Waals surface area (Å²) in [5.41, 5.74) is 1.38. The fourth-order valence-electron chi connectivity index (χ4n) is 4.36. The zero-order valence-corrected chi connectivity index (χ0v) is 17.8. The molecule has 158 valence electrons. The van der Waals surface area contributed by atoms with Crippen LogP contribution >= 0.6 is 0 Å². The van der Waals surface area contributed by atoms with Crippen LogP contribution in [0.4, 0.5) is 0 Å². The quantitative estimate of drug-likeness (QED) is 0.740. The Morgan fingerprint density at radius 3 is 2.59 bits per heavy atom. The highest BCUT2D eigenvalue weighted by Gasteiger charge is 2.28. The van der Waals surface area contributed by atoms with Gasteiger partial charge in [0.15, 0.2) is 5.82 Å². The zero-order valence-electron chi connectivity index (χ0n) is 17.8. The Bertz CT molecular complexity index is 740. The Balaban J connectivity index is 1.26. The fraction of sp³-hybridized carbons (Fsp3) is 0.652. The maximum absolute atomic E-state index is 6.19. The van der Waals surface area contributed by atoms with Crippen LogP contribution in [0.1, 0.15) is 62.2 Å². The molecule has 0 aliphatic carbocycles. The molecule has 6 heteroatoms. The van der Waals surface area contributed by atoms with Gasteiger partial charge in [0.2, 0.25) is 5.89 Å². The van der Waals surface area contributed by atoms with Crippen LogP contribution in [0.5, 0.6) is 0 Å². The van der Waals surface area contributed by atoms with Crippen molar-refractivity contribution < 1.29 is 9.26 Å². The molecule has 2 saturated heterocycles. The number of hydrogen-bond donors (Lipinski definition) is 0. The number of rotatable bonds is 6. The van der Waals surface area contributed by atoms with Crippen molar-refractivity contribution in [3.05, 3.63) is 47.6 Å². The first kappa shape index (κ1) is 20.5. The second kappa shape index (κ2) is 9.83. The third-order valence-electron chi connectivity index (χ3n) is 6.06. The van der Waals surface area contributed by atoms with Crippen molar-refractivity contribution in [2.75, 3.05) is 39.3 Å². The summed E-state index contributed by atoms with van der Waals surface area (Å²) in [7, 11) is 0. The number of hydrogen-bond acceptors (Lipinski definition) is 6. The predicted molar refractivity (Wildman–Crippen MR) is 113 cm³/mol. The van der Waals surface area contributed by atoms with Gasteiger partial charge in [0.25, 0.3) is 0 Å². The highest BCUT2D eigenvalue weighted by Crippen LogP contribution is 2.28. The summed E-state index contributed by atoms with van der Waals surface area (Å²) in [5, 5.41) is 4.13. The topological polar surface area (TPSA) is 54.6 Å². The van der Waals surface area contributed by atoms with Gasteiger partial charge in [-0.15, -0.1) is 0 Å². The zero-order chi connectivity index (χ0) is 20.1. The van der Waals surface area contributed by atoms with E-state index in [1.807, 2.05) is 0 Å². The molecular formula is C23H34N4O2. The van der Waals surface area contributed by atoms with Crippen LogP contribution in [0.25, 0.3) is 0 Å². The fourth-order valence-corrected chi connectivity index (χ4v) is 4.36. The van der Waals surface area contributed by atoms with Crippen molar-refractivity contribution in [3.8, 4) is 0 Å². The molecule has 6 nitrogen and oxygen atoms in total. The molecule has 0 spiro atoms. The van der Waals surface area contributed by atoms with Crippen LogP contribution in [-0.4, -0.2) is 65.4 Å². The van der Waals surface area contributed by atoms with Crippen molar-refractivity contribution in [1.29, 1.82) is 0 Å². The molecule has 2 fully saturated rings. The molecular weight excluding hydrogens is 364 g/mol. The summed E-state index contributed by atoms with van der Waals surface area (Å²) in [6.45, 7) is 11.4. The highest BCUT2D eigenvalue weighted by molar-refractivity contribution is 5.14. The van der Waals surface area contributed by atoms with Crippen molar-refractivity contribution >= 4 is 0 Å².